The first-order chi connectivity index (χ1) is 14.0. The van der Waals surface area contributed by atoms with E-state index in [9.17, 15) is 9.59 Å². The van der Waals surface area contributed by atoms with Crippen molar-refractivity contribution in [3.05, 3.63) is 35.9 Å². The highest BCUT2D eigenvalue weighted by Gasteiger charge is 2.26. The summed E-state index contributed by atoms with van der Waals surface area (Å²) in [5.74, 6) is 0.0958. The SMILES string of the molecule is CC(C)CCOC[C@@H](Cc1ccccc1)[C@H](C)OC(=O)[C@H](C)NC(=O)OC(C)(C)C. The topological polar surface area (TPSA) is 73.9 Å². The van der Waals surface area contributed by atoms with Crippen molar-refractivity contribution in [1.29, 1.82) is 0 Å². The summed E-state index contributed by atoms with van der Waals surface area (Å²) < 4.78 is 16.7. The van der Waals surface area contributed by atoms with Crippen molar-refractivity contribution in [3.63, 3.8) is 0 Å². The third-order valence-electron chi connectivity index (χ3n) is 4.56. The number of amides is 1. The molecule has 0 fully saturated rings. The summed E-state index contributed by atoms with van der Waals surface area (Å²) >= 11 is 0. The minimum Gasteiger partial charge on any atom is -0.461 e. The van der Waals surface area contributed by atoms with Crippen molar-refractivity contribution < 1.29 is 23.8 Å². The van der Waals surface area contributed by atoms with Crippen LogP contribution in [-0.2, 0) is 25.4 Å². The molecule has 0 spiro atoms. The molecule has 6 nitrogen and oxygen atoms in total. The van der Waals surface area contributed by atoms with E-state index in [-0.39, 0.29) is 12.0 Å². The number of carbonyl (C=O) groups is 2. The maximum Gasteiger partial charge on any atom is 0.408 e. The fourth-order valence-electron chi connectivity index (χ4n) is 2.76. The number of benzene rings is 1. The second-order valence-corrected chi connectivity index (χ2v) is 9.22. The Morgan fingerprint density at radius 1 is 1.03 bits per heavy atom. The predicted molar refractivity (Wildman–Crippen MR) is 118 cm³/mol. The van der Waals surface area contributed by atoms with Crippen molar-refractivity contribution in [1.82, 2.24) is 5.32 Å². The third kappa shape index (κ3) is 11.2. The molecule has 0 aliphatic rings. The van der Waals surface area contributed by atoms with Gasteiger partial charge in [-0.1, -0.05) is 44.2 Å². The average Bonchev–Trinajstić information content (AvgIpc) is 2.63. The number of hydrogen-bond donors (Lipinski definition) is 1. The Hall–Kier alpha value is -2.08. The minimum absolute atomic E-state index is 0.0113. The summed E-state index contributed by atoms with van der Waals surface area (Å²) in [6.45, 7) is 14.3. The molecule has 0 saturated heterocycles. The molecule has 170 valence electrons. The lowest BCUT2D eigenvalue weighted by molar-refractivity contribution is -0.154. The average molecular weight is 422 g/mol. The van der Waals surface area contributed by atoms with Crippen LogP contribution < -0.4 is 5.32 Å². The van der Waals surface area contributed by atoms with E-state index >= 15 is 0 Å². The molecule has 30 heavy (non-hydrogen) atoms. The summed E-state index contributed by atoms with van der Waals surface area (Å²) in [7, 11) is 0. The van der Waals surface area contributed by atoms with Gasteiger partial charge >= 0.3 is 12.1 Å². The summed E-state index contributed by atoms with van der Waals surface area (Å²) in [4.78, 5) is 24.4. The predicted octanol–water partition coefficient (Wildman–Crippen LogP) is 4.75. The summed E-state index contributed by atoms with van der Waals surface area (Å²) in [5, 5.41) is 2.53. The molecule has 1 N–H and O–H groups in total. The van der Waals surface area contributed by atoms with E-state index in [1.54, 1.807) is 27.7 Å². The second kappa shape index (κ2) is 12.6. The molecule has 0 heterocycles. The van der Waals surface area contributed by atoms with Crippen molar-refractivity contribution in [2.24, 2.45) is 11.8 Å². The lowest BCUT2D eigenvalue weighted by Crippen LogP contribution is -2.44. The van der Waals surface area contributed by atoms with Gasteiger partial charge in [-0.15, -0.1) is 0 Å². The molecule has 6 heteroatoms. The van der Waals surface area contributed by atoms with Gasteiger partial charge in [0.1, 0.15) is 17.7 Å². The maximum atomic E-state index is 12.5. The van der Waals surface area contributed by atoms with E-state index in [1.807, 2.05) is 25.1 Å². The van der Waals surface area contributed by atoms with E-state index < -0.39 is 23.7 Å². The van der Waals surface area contributed by atoms with Crippen LogP contribution in [0.25, 0.3) is 0 Å². The number of rotatable bonds is 11. The minimum atomic E-state index is -0.804. The molecule has 1 amide bonds. The van der Waals surface area contributed by atoms with Gasteiger partial charge in [-0.2, -0.15) is 0 Å². The Morgan fingerprint density at radius 3 is 2.23 bits per heavy atom. The standard InChI is InChI=1S/C24H39NO5/c1-17(2)13-14-28-16-21(15-20-11-9-8-10-12-20)19(4)29-22(26)18(3)25-23(27)30-24(5,6)7/h8-12,17-19,21H,13-16H2,1-7H3,(H,25,27)/t18-,19-,21+/m0/s1. The van der Waals surface area contributed by atoms with Gasteiger partial charge in [0.05, 0.1) is 6.61 Å². The highest BCUT2D eigenvalue weighted by molar-refractivity contribution is 5.81. The number of nitrogens with one attached hydrogen (secondary N) is 1. The molecule has 3 atom stereocenters. The van der Waals surface area contributed by atoms with Gasteiger partial charge < -0.3 is 19.5 Å². The van der Waals surface area contributed by atoms with Crippen molar-refractivity contribution in [2.75, 3.05) is 13.2 Å². The number of esters is 1. The van der Waals surface area contributed by atoms with E-state index in [1.165, 1.54) is 0 Å². The van der Waals surface area contributed by atoms with E-state index in [2.05, 4.69) is 31.3 Å². The first kappa shape index (κ1) is 26.0. The fraction of sp³-hybridized carbons (Fsp3) is 0.667. The molecule has 0 aromatic heterocycles. The van der Waals surface area contributed by atoms with Crippen LogP contribution in [0.4, 0.5) is 4.79 Å². The van der Waals surface area contributed by atoms with Crippen LogP contribution in [0, 0.1) is 11.8 Å². The quantitative estimate of drug-likeness (QED) is 0.412. The van der Waals surface area contributed by atoms with Crippen LogP contribution >= 0.6 is 0 Å². The largest absolute Gasteiger partial charge is 0.461 e. The third-order valence-corrected chi connectivity index (χ3v) is 4.56. The molecule has 0 unspecified atom stereocenters. The highest BCUT2D eigenvalue weighted by atomic mass is 16.6. The first-order valence-corrected chi connectivity index (χ1v) is 10.8. The molecule has 1 aromatic carbocycles. The maximum absolute atomic E-state index is 12.5. The van der Waals surface area contributed by atoms with E-state index in [4.69, 9.17) is 14.2 Å². The summed E-state index contributed by atoms with van der Waals surface area (Å²) in [6, 6.07) is 9.28. The lowest BCUT2D eigenvalue weighted by atomic mass is 9.95. The van der Waals surface area contributed by atoms with Gasteiger partial charge in [0.25, 0.3) is 0 Å². The normalized spacial score (nSPS) is 14.7. The van der Waals surface area contributed by atoms with Crippen LogP contribution in [0.3, 0.4) is 0 Å². The Morgan fingerprint density at radius 2 is 1.67 bits per heavy atom. The number of ether oxygens (including phenoxy) is 3. The molecule has 0 bridgehead atoms. The molecule has 1 rings (SSSR count). The van der Waals surface area contributed by atoms with Crippen molar-refractivity contribution in [2.45, 2.75) is 79.1 Å². The van der Waals surface area contributed by atoms with Gasteiger partial charge in [-0.3, -0.25) is 0 Å². The Balaban J connectivity index is 2.66. The smallest absolute Gasteiger partial charge is 0.408 e. The molecule has 0 radical (unpaired) electrons. The molecule has 1 aromatic rings. The van der Waals surface area contributed by atoms with Gasteiger partial charge in [-0.25, -0.2) is 9.59 Å². The number of alkyl carbamates (subject to hydrolysis) is 1. The van der Waals surface area contributed by atoms with Crippen LogP contribution in [0.1, 0.15) is 60.5 Å². The van der Waals surface area contributed by atoms with Crippen LogP contribution in [0.2, 0.25) is 0 Å². The van der Waals surface area contributed by atoms with E-state index in [0.717, 1.165) is 18.4 Å². The second-order valence-electron chi connectivity index (χ2n) is 9.22. The zero-order chi connectivity index (χ0) is 22.7. The zero-order valence-electron chi connectivity index (χ0n) is 19.6. The zero-order valence-corrected chi connectivity index (χ0v) is 19.6. The van der Waals surface area contributed by atoms with E-state index in [0.29, 0.717) is 19.1 Å². The molecular weight excluding hydrogens is 382 g/mol. The molecule has 0 aliphatic carbocycles. The fourth-order valence-corrected chi connectivity index (χ4v) is 2.76. The Kier molecular flexibility index (Phi) is 10.9. The Labute approximate surface area is 181 Å². The van der Waals surface area contributed by atoms with Gasteiger partial charge in [0, 0.05) is 12.5 Å². The van der Waals surface area contributed by atoms with Crippen LogP contribution in [0.5, 0.6) is 0 Å². The van der Waals surface area contributed by atoms with Crippen molar-refractivity contribution >= 4 is 12.1 Å². The monoisotopic (exact) mass is 421 g/mol. The number of hydrogen-bond acceptors (Lipinski definition) is 5. The Bertz CT molecular complexity index is 639. The van der Waals surface area contributed by atoms with Crippen LogP contribution in [0.15, 0.2) is 30.3 Å². The van der Waals surface area contributed by atoms with Gasteiger partial charge in [0.2, 0.25) is 0 Å². The van der Waals surface area contributed by atoms with Gasteiger partial charge in [0.15, 0.2) is 0 Å². The molecule has 0 aliphatic heterocycles. The molecular formula is C24H39NO5. The van der Waals surface area contributed by atoms with Crippen LogP contribution in [-0.4, -0.2) is 43.0 Å². The first-order valence-electron chi connectivity index (χ1n) is 10.8. The van der Waals surface area contributed by atoms with Crippen molar-refractivity contribution in [3.8, 4) is 0 Å². The summed E-state index contributed by atoms with van der Waals surface area (Å²) in [5.41, 5.74) is 0.535. The highest BCUT2D eigenvalue weighted by Crippen LogP contribution is 2.17. The number of carbonyl (C=O) groups excluding carboxylic acids is 2. The lowest BCUT2D eigenvalue weighted by Gasteiger charge is -2.26. The molecule has 0 saturated carbocycles. The van der Waals surface area contributed by atoms with Gasteiger partial charge in [-0.05, 0) is 58.9 Å². The summed E-state index contributed by atoms with van der Waals surface area (Å²) in [6.07, 6.45) is 0.727.